The van der Waals surface area contributed by atoms with Crippen LogP contribution in [0, 0.1) is 0 Å². The van der Waals surface area contributed by atoms with Gasteiger partial charge < -0.3 is 10.2 Å². The Balaban J connectivity index is 2.40. The second-order valence-electron chi connectivity index (χ2n) is 3.70. The summed E-state index contributed by atoms with van der Waals surface area (Å²) in [6, 6.07) is 5.82. The normalized spacial score (nSPS) is 11.0. The van der Waals surface area contributed by atoms with Crippen LogP contribution in [0.3, 0.4) is 0 Å². The third-order valence-corrected chi connectivity index (χ3v) is 3.67. The summed E-state index contributed by atoms with van der Waals surface area (Å²) in [6.07, 6.45) is 1.38. The first-order chi connectivity index (χ1) is 9.40. The monoisotopic (exact) mass is 295 g/mol. The van der Waals surface area contributed by atoms with Gasteiger partial charge in [-0.15, -0.1) is 5.10 Å². The lowest BCUT2D eigenvalue weighted by atomic mass is 10.2. The third kappa shape index (κ3) is 2.83. The zero-order chi connectivity index (χ0) is 14.8. The van der Waals surface area contributed by atoms with Crippen LogP contribution in [-0.4, -0.2) is 34.8 Å². The molecule has 0 saturated carbocycles. The topological polar surface area (TPSA) is 129 Å². The van der Waals surface area contributed by atoms with Crippen molar-refractivity contribution >= 4 is 21.8 Å². The van der Waals surface area contributed by atoms with Gasteiger partial charge >= 0.3 is 5.97 Å². The lowest BCUT2D eigenvalue weighted by molar-refractivity contribution is 0.0693. The number of aromatic carboxylic acids is 1. The molecule has 0 unspecified atom stereocenters. The molecule has 0 aliphatic heterocycles. The summed E-state index contributed by atoms with van der Waals surface area (Å²) in [5, 5.41) is 25.3. The Hall–Kier alpha value is -2.68. The number of carbonyl (C=O) groups is 1. The number of anilines is 1. The van der Waals surface area contributed by atoms with Gasteiger partial charge in [0.25, 0.3) is 10.0 Å². The van der Waals surface area contributed by atoms with Gasteiger partial charge in [0, 0.05) is 6.20 Å². The van der Waals surface area contributed by atoms with E-state index in [9.17, 15) is 18.3 Å². The van der Waals surface area contributed by atoms with Crippen molar-refractivity contribution in [3.63, 3.8) is 0 Å². The minimum absolute atomic E-state index is 0.00236. The molecule has 0 spiro atoms. The van der Waals surface area contributed by atoms with Crippen LogP contribution in [0.2, 0.25) is 0 Å². The van der Waals surface area contributed by atoms with Crippen molar-refractivity contribution in [1.82, 2.24) is 10.2 Å². The average molecular weight is 295 g/mol. The standard InChI is InChI=1S/C11H9N3O5S/c15-9-4-3-7(6-8(9)11(16)17)20(18,19)14-10-2-1-5-12-13-10/h1-6,15H,(H,13,14)(H,16,17). The van der Waals surface area contributed by atoms with Gasteiger partial charge in [-0.3, -0.25) is 4.72 Å². The molecule has 0 saturated heterocycles. The lowest BCUT2D eigenvalue weighted by Crippen LogP contribution is -2.15. The Bertz CT molecular complexity index is 746. The van der Waals surface area contributed by atoms with Crippen molar-refractivity contribution < 1.29 is 23.4 Å². The van der Waals surface area contributed by atoms with Gasteiger partial charge in [0.1, 0.15) is 11.3 Å². The second-order valence-corrected chi connectivity index (χ2v) is 5.38. The van der Waals surface area contributed by atoms with E-state index in [-0.39, 0.29) is 10.7 Å². The average Bonchev–Trinajstić information content (AvgIpc) is 2.39. The first-order valence-corrected chi connectivity index (χ1v) is 6.75. The Morgan fingerprint density at radius 1 is 1.25 bits per heavy atom. The summed E-state index contributed by atoms with van der Waals surface area (Å²) in [6.45, 7) is 0. The first kappa shape index (κ1) is 13.7. The molecular formula is C11H9N3O5S. The number of aromatic hydroxyl groups is 1. The minimum Gasteiger partial charge on any atom is -0.507 e. The van der Waals surface area contributed by atoms with E-state index in [0.29, 0.717) is 0 Å². The molecule has 0 aliphatic rings. The number of nitrogens with one attached hydrogen (secondary N) is 1. The summed E-state index contributed by atoms with van der Waals surface area (Å²) in [4.78, 5) is 10.6. The summed E-state index contributed by atoms with van der Waals surface area (Å²) >= 11 is 0. The molecule has 3 N–H and O–H groups in total. The van der Waals surface area contributed by atoms with Crippen molar-refractivity contribution in [3.05, 3.63) is 42.1 Å². The zero-order valence-corrected chi connectivity index (χ0v) is 10.7. The molecule has 0 amide bonds. The number of hydrogen-bond acceptors (Lipinski definition) is 6. The van der Waals surface area contributed by atoms with Gasteiger partial charge in [-0.25, -0.2) is 13.2 Å². The number of benzene rings is 1. The fourth-order valence-corrected chi connectivity index (χ4v) is 2.43. The highest BCUT2D eigenvalue weighted by Gasteiger charge is 2.19. The van der Waals surface area contributed by atoms with Gasteiger partial charge in [-0.2, -0.15) is 5.10 Å². The summed E-state index contributed by atoms with van der Waals surface area (Å²) < 4.78 is 26.2. The fraction of sp³-hybridized carbons (Fsp3) is 0. The Morgan fingerprint density at radius 2 is 2.00 bits per heavy atom. The molecule has 2 aromatic rings. The number of hydrogen-bond donors (Lipinski definition) is 3. The summed E-state index contributed by atoms with van der Waals surface area (Å²) in [5.74, 6) is -1.95. The van der Waals surface area contributed by atoms with E-state index >= 15 is 0 Å². The number of carboxylic acid groups (broad SMARTS) is 1. The summed E-state index contributed by atoms with van der Waals surface area (Å²) in [5.41, 5.74) is -0.507. The van der Waals surface area contributed by atoms with Crippen LogP contribution < -0.4 is 4.72 Å². The maximum Gasteiger partial charge on any atom is 0.339 e. The van der Waals surface area contributed by atoms with E-state index in [0.717, 1.165) is 18.2 Å². The number of rotatable bonds is 4. The van der Waals surface area contributed by atoms with E-state index in [2.05, 4.69) is 14.9 Å². The molecule has 0 radical (unpaired) electrons. The number of phenols is 1. The molecule has 1 heterocycles. The van der Waals surface area contributed by atoms with Crippen molar-refractivity contribution in [1.29, 1.82) is 0 Å². The molecule has 2 rings (SSSR count). The van der Waals surface area contributed by atoms with Crippen LogP contribution in [0.5, 0.6) is 5.75 Å². The van der Waals surface area contributed by atoms with E-state index < -0.39 is 27.3 Å². The van der Waals surface area contributed by atoms with E-state index in [1.165, 1.54) is 18.3 Å². The summed E-state index contributed by atoms with van der Waals surface area (Å²) in [7, 11) is -4.01. The lowest BCUT2D eigenvalue weighted by Gasteiger charge is -2.08. The number of aromatic nitrogens is 2. The second kappa shape index (κ2) is 5.13. The molecule has 8 nitrogen and oxygen atoms in total. The zero-order valence-electron chi connectivity index (χ0n) is 9.89. The van der Waals surface area contributed by atoms with Crippen LogP contribution in [0.1, 0.15) is 10.4 Å². The smallest absolute Gasteiger partial charge is 0.339 e. The molecule has 1 aromatic carbocycles. The largest absolute Gasteiger partial charge is 0.507 e. The highest BCUT2D eigenvalue weighted by molar-refractivity contribution is 7.92. The fourth-order valence-electron chi connectivity index (χ4n) is 1.41. The van der Waals surface area contributed by atoms with Crippen LogP contribution in [0.25, 0.3) is 0 Å². The van der Waals surface area contributed by atoms with Crippen molar-refractivity contribution in [2.45, 2.75) is 4.90 Å². The predicted octanol–water partition coefficient (Wildman–Crippen LogP) is 0.681. The Labute approximate surface area is 113 Å². The first-order valence-electron chi connectivity index (χ1n) is 5.27. The van der Waals surface area contributed by atoms with Gasteiger partial charge in [0.15, 0.2) is 5.82 Å². The Morgan fingerprint density at radius 3 is 2.60 bits per heavy atom. The van der Waals surface area contributed by atoms with Gasteiger partial charge in [-0.05, 0) is 30.3 Å². The van der Waals surface area contributed by atoms with Gasteiger partial charge in [-0.1, -0.05) is 0 Å². The van der Waals surface area contributed by atoms with E-state index in [1.54, 1.807) is 0 Å². The van der Waals surface area contributed by atoms with E-state index in [1.807, 2.05) is 0 Å². The molecule has 0 atom stereocenters. The minimum atomic E-state index is -4.01. The van der Waals surface area contributed by atoms with Crippen LogP contribution in [0.15, 0.2) is 41.4 Å². The van der Waals surface area contributed by atoms with Crippen molar-refractivity contribution in [2.75, 3.05) is 4.72 Å². The maximum absolute atomic E-state index is 12.0. The predicted molar refractivity (Wildman–Crippen MR) is 67.9 cm³/mol. The molecule has 0 aliphatic carbocycles. The highest BCUT2D eigenvalue weighted by Crippen LogP contribution is 2.22. The quantitative estimate of drug-likeness (QED) is 0.756. The highest BCUT2D eigenvalue weighted by atomic mass is 32.2. The molecule has 0 bridgehead atoms. The molecular weight excluding hydrogens is 286 g/mol. The SMILES string of the molecule is O=C(O)c1cc(S(=O)(=O)Nc2cccnn2)ccc1O. The van der Waals surface area contributed by atoms with Crippen molar-refractivity contribution in [2.24, 2.45) is 0 Å². The van der Waals surface area contributed by atoms with Crippen LogP contribution >= 0.6 is 0 Å². The molecule has 1 aromatic heterocycles. The molecule has 104 valence electrons. The molecule has 20 heavy (non-hydrogen) atoms. The number of nitrogens with zero attached hydrogens (tertiary/aromatic N) is 2. The van der Waals surface area contributed by atoms with Gasteiger partial charge in [0.2, 0.25) is 0 Å². The van der Waals surface area contributed by atoms with Crippen molar-refractivity contribution in [3.8, 4) is 5.75 Å². The molecule has 9 heteroatoms. The maximum atomic E-state index is 12.0. The number of sulfonamides is 1. The van der Waals surface area contributed by atoms with E-state index in [4.69, 9.17) is 5.11 Å². The third-order valence-electron chi connectivity index (χ3n) is 2.32. The van der Waals surface area contributed by atoms with Crippen LogP contribution in [0.4, 0.5) is 5.82 Å². The molecule has 0 fully saturated rings. The van der Waals surface area contributed by atoms with Gasteiger partial charge in [0.05, 0.1) is 4.90 Å². The number of carboxylic acids is 1. The Kier molecular flexibility index (Phi) is 3.53. The van der Waals surface area contributed by atoms with Crippen LogP contribution in [-0.2, 0) is 10.0 Å².